The van der Waals surface area contributed by atoms with Gasteiger partial charge in [-0.3, -0.25) is 14.6 Å². The fourth-order valence-electron chi connectivity index (χ4n) is 4.44. The van der Waals surface area contributed by atoms with Crippen molar-refractivity contribution < 1.29 is 19.1 Å². The summed E-state index contributed by atoms with van der Waals surface area (Å²) in [5, 5.41) is 0. The molecular weight excluding hydrogens is 408 g/mol. The highest BCUT2D eigenvalue weighted by Crippen LogP contribution is 2.36. The van der Waals surface area contributed by atoms with Gasteiger partial charge in [0.1, 0.15) is 6.54 Å². The lowest BCUT2D eigenvalue weighted by molar-refractivity contribution is -0.133. The number of carbonyl (C=O) groups excluding carboxylic acids is 2. The van der Waals surface area contributed by atoms with Gasteiger partial charge in [-0.05, 0) is 24.1 Å². The fraction of sp³-hybridized carbons (Fsp3) is 0.417. The molecule has 8 nitrogen and oxygen atoms in total. The van der Waals surface area contributed by atoms with E-state index < -0.39 is 0 Å². The molecule has 0 aliphatic carbocycles. The lowest BCUT2D eigenvalue weighted by Crippen LogP contribution is -2.51. The van der Waals surface area contributed by atoms with Gasteiger partial charge in [0, 0.05) is 57.6 Å². The quantitative estimate of drug-likeness (QED) is 0.694. The summed E-state index contributed by atoms with van der Waals surface area (Å²) >= 11 is 0. The molecule has 0 bridgehead atoms. The summed E-state index contributed by atoms with van der Waals surface area (Å²) in [6.07, 6.45) is 1.02. The number of anilines is 1. The Kier molecular flexibility index (Phi) is 5.85. The molecule has 0 saturated carbocycles. The van der Waals surface area contributed by atoms with E-state index in [2.05, 4.69) is 29.2 Å². The number of amides is 3. The van der Waals surface area contributed by atoms with Crippen LogP contribution >= 0.6 is 0 Å². The second kappa shape index (κ2) is 9.08. The smallest absolute Gasteiger partial charge is 0.325 e. The number of carbonyl (C=O) groups is 2. The molecule has 3 aliphatic rings. The summed E-state index contributed by atoms with van der Waals surface area (Å²) in [6.45, 7) is 5.59. The molecule has 8 heteroatoms. The summed E-state index contributed by atoms with van der Waals surface area (Å²) in [5.74, 6) is 1.36. The third-order valence-electron chi connectivity index (χ3n) is 6.37. The predicted octanol–water partition coefficient (Wildman–Crippen LogP) is 2.04. The van der Waals surface area contributed by atoms with E-state index in [0.29, 0.717) is 37.7 Å². The lowest BCUT2D eigenvalue weighted by Gasteiger charge is -2.35. The largest absolute Gasteiger partial charge is 0.454 e. The minimum atomic E-state index is -0.140. The molecule has 0 aromatic heterocycles. The SMILES string of the molecule is O=C(CN1CCN(c2ccc3c(c2)OCO3)C1=O)N1CCN(CCc2ccccc2)CC1. The van der Waals surface area contributed by atoms with Crippen LogP contribution in [-0.4, -0.2) is 85.8 Å². The van der Waals surface area contributed by atoms with Gasteiger partial charge >= 0.3 is 6.03 Å². The molecular formula is C24H28N4O4. The van der Waals surface area contributed by atoms with Gasteiger partial charge in [-0.1, -0.05) is 30.3 Å². The molecule has 0 spiro atoms. The molecule has 0 radical (unpaired) electrons. The van der Waals surface area contributed by atoms with Gasteiger partial charge in [-0.25, -0.2) is 4.79 Å². The Hall–Kier alpha value is -3.26. The van der Waals surface area contributed by atoms with Crippen LogP contribution < -0.4 is 14.4 Å². The maximum Gasteiger partial charge on any atom is 0.325 e. The van der Waals surface area contributed by atoms with Crippen molar-refractivity contribution >= 4 is 17.6 Å². The average Bonchev–Trinajstić information content (AvgIpc) is 3.45. The van der Waals surface area contributed by atoms with Crippen LogP contribution in [0.5, 0.6) is 11.5 Å². The number of rotatable bonds is 6. The zero-order valence-corrected chi connectivity index (χ0v) is 18.1. The second-order valence-electron chi connectivity index (χ2n) is 8.35. The molecule has 2 aromatic carbocycles. The van der Waals surface area contributed by atoms with Crippen molar-refractivity contribution in [1.29, 1.82) is 0 Å². The maximum atomic E-state index is 12.9. The molecule has 2 aromatic rings. The van der Waals surface area contributed by atoms with E-state index in [-0.39, 0.29) is 25.3 Å². The predicted molar refractivity (Wildman–Crippen MR) is 120 cm³/mol. The van der Waals surface area contributed by atoms with Gasteiger partial charge in [-0.15, -0.1) is 0 Å². The topological polar surface area (TPSA) is 65.6 Å². The van der Waals surface area contributed by atoms with Crippen LogP contribution in [0.15, 0.2) is 48.5 Å². The van der Waals surface area contributed by atoms with Crippen molar-refractivity contribution in [1.82, 2.24) is 14.7 Å². The number of nitrogens with zero attached hydrogens (tertiary/aromatic N) is 4. The Bertz CT molecular complexity index is 975. The molecule has 3 aliphatic heterocycles. The fourth-order valence-corrected chi connectivity index (χ4v) is 4.44. The maximum absolute atomic E-state index is 12.9. The number of hydrogen-bond donors (Lipinski definition) is 0. The first-order valence-electron chi connectivity index (χ1n) is 11.2. The first-order chi connectivity index (χ1) is 15.7. The summed E-state index contributed by atoms with van der Waals surface area (Å²) in [4.78, 5) is 33.3. The number of urea groups is 1. The van der Waals surface area contributed by atoms with Gasteiger partial charge in [0.15, 0.2) is 11.5 Å². The molecule has 2 saturated heterocycles. The van der Waals surface area contributed by atoms with Crippen LogP contribution in [0, 0.1) is 0 Å². The highest BCUT2D eigenvalue weighted by Gasteiger charge is 2.33. The van der Waals surface area contributed by atoms with Crippen LogP contribution in [0.25, 0.3) is 0 Å². The Morgan fingerprint density at radius 1 is 0.875 bits per heavy atom. The minimum Gasteiger partial charge on any atom is -0.454 e. The van der Waals surface area contributed by atoms with Gasteiger partial charge in [0.25, 0.3) is 0 Å². The lowest BCUT2D eigenvalue weighted by atomic mass is 10.1. The minimum absolute atomic E-state index is 0.0218. The third-order valence-corrected chi connectivity index (χ3v) is 6.37. The number of piperazine rings is 1. The van der Waals surface area contributed by atoms with Gasteiger partial charge in [0.05, 0.1) is 0 Å². The Morgan fingerprint density at radius 2 is 1.66 bits per heavy atom. The molecule has 0 atom stereocenters. The summed E-state index contributed by atoms with van der Waals surface area (Å²) in [5.41, 5.74) is 2.10. The summed E-state index contributed by atoms with van der Waals surface area (Å²) in [6, 6.07) is 15.8. The molecule has 32 heavy (non-hydrogen) atoms. The second-order valence-corrected chi connectivity index (χ2v) is 8.35. The highest BCUT2D eigenvalue weighted by atomic mass is 16.7. The number of ether oxygens (including phenoxy) is 2. The van der Waals surface area contributed by atoms with Crippen molar-refractivity contribution in [2.24, 2.45) is 0 Å². The zero-order valence-electron chi connectivity index (χ0n) is 18.1. The van der Waals surface area contributed by atoms with Crippen LogP contribution in [0.3, 0.4) is 0 Å². The monoisotopic (exact) mass is 436 g/mol. The Balaban J connectivity index is 1.10. The van der Waals surface area contributed by atoms with Crippen LogP contribution in [0.4, 0.5) is 10.5 Å². The number of fused-ring (bicyclic) bond motifs is 1. The van der Waals surface area contributed by atoms with Crippen LogP contribution in [0.1, 0.15) is 5.56 Å². The molecule has 3 heterocycles. The van der Waals surface area contributed by atoms with Crippen LogP contribution in [0.2, 0.25) is 0 Å². The van der Waals surface area contributed by atoms with Gasteiger partial charge in [0.2, 0.25) is 12.7 Å². The van der Waals surface area contributed by atoms with Gasteiger partial charge in [-0.2, -0.15) is 0 Å². The average molecular weight is 437 g/mol. The Morgan fingerprint density at radius 3 is 2.47 bits per heavy atom. The van der Waals surface area contributed by atoms with Crippen molar-refractivity contribution in [3.05, 3.63) is 54.1 Å². The van der Waals surface area contributed by atoms with E-state index in [9.17, 15) is 9.59 Å². The Labute approximate surface area is 187 Å². The van der Waals surface area contributed by atoms with E-state index in [0.717, 1.165) is 31.7 Å². The standard InChI is InChI=1S/C24H28N4O4/c29-23(26-12-10-25(11-13-26)9-8-19-4-2-1-3-5-19)17-27-14-15-28(24(27)30)20-6-7-21-22(16-20)32-18-31-21/h1-7,16H,8-15,17-18H2. The van der Waals surface area contributed by atoms with E-state index in [1.54, 1.807) is 9.80 Å². The molecule has 2 fully saturated rings. The van der Waals surface area contributed by atoms with Crippen molar-refractivity contribution in [3.63, 3.8) is 0 Å². The molecule has 0 unspecified atom stereocenters. The van der Waals surface area contributed by atoms with E-state index in [1.165, 1.54) is 5.56 Å². The first-order valence-corrected chi connectivity index (χ1v) is 11.2. The van der Waals surface area contributed by atoms with E-state index in [4.69, 9.17) is 9.47 Å². The molecule has 5 rings (SSSR count). The van der Waals surface area contributed by atoms with Crippen molar-refractivity contribution in [2.45, 2.75) is 6.42 Å². The third kappa shape index (κ3) is 4.36. The normalized spacial score (nSPS) is 18.5. The molecule has 3 amide bonds. The summed E-state index contributed by atoms with van der Waals surface area (Å²) < 4.78 is 10.8. The van der Waals surface area contributed by atoms with E-state index >= 15 is 0 Å². The number of benzene rings is 2. The molecule has 0 N–H and O–H groups in total. The first kappa shape index (κ1) is 20.6. The number of hydrogen-bond acceptors (Lipinski definition) is 5. The highest BCUT2D eigenvalue weighted by molar-refractivity contribution is 5.96. The van der Waals surface area contributed by atoms with E-state index in [1.807, 2.05) is 29.2 Å². The van der Waals surface area contributed by atoms with Crippen LogP contribution in [-0.2, 0) is 11.2 Å². The van der Waals surface area contributed by atoms with Gasteiger partial charge < -0.3 is 19.3 Å². The van der Waals surface area contributed by atoms with Crippen molar-refractivity contribution in [3.8, 4) is 11.5 Å². The zero-order chi connectivity index (χ0) is 21.9. The summed E-state index contributed by atoms with van der Waals surface area (Å²) in [7, 11) is 0. The molecule has 168 valence electrons. The van der Waals surface area contributed by atoms with Crippen molar-refractivity contribution in [2.75, 3.05) is 64.1 Å².